The molecular weight excluding hydrogens is 654 g/mol. The van der Waals surface area contributed by atoms with E-state index in [1.54, 1.807) is 32.0 Å². The zero-order valence-corrected chi connectivity index (χ0v) is 27.5. The number of fused-ring (bicyclic) bond motifs is 1. The summed E-state index contributed by atoms with van der Waals surface area (Å²) in [5.74, 6) is -0.214. The van der Waals surface area contributed by atoms with E-state index in [-0.39, 0.29) is 33.1 Å². The van der Waals surface area contributed by atoms with Crippen molar-refractivity contribution in [2.24, 2.45) is 4.99 Å². The third-order valence-corrected chi connectivity index (χ3v) is 9.12. The van der Waals surface area contributed by atoms with E-state index in [4.69, 9.17) is 26.1 Å². The largest absolute Gasteiger partial charge is 0.496 e. The van der Waals surface area contributed by atoms with E-state index in [0.29, 0.717) is 55.8 Å². The molecule has 0 unspecified atom stereocenters. The highest BCUT2D eigenvalue weighted by Crippen LogP contribution is 2.38. The highest BCUT2D eigenvalue weighted by molar-refractivity contribution is 7.99. The number of carbonyl (C=O) groups excluding carboxylic acids is 1. The Labute approximate surface area is 275 Å². The fourth-order valence-corrected chi connectivity index (χ4v) is 7.15. The van der Waals surface area contributed by atoms with Crippen molar-refractivity contribution in [3.05, 3.63) is 116 Å². The molecule has 0 aliphatic carbocycles. The fraction of sp³-hybridized carbons (Fsp3) is 0.258. The maximum Gasteiger partial charge on any atom is 0.338 e. The number of H-pyrrole nitrogens is 1. The van der Waals surface area contributed by atoms with Crippen LogP contribution in [0.1, 0.15) is 49.6 Å². The summed E-state index contributed by atoms with van der Waals surface area (Å²) in [7, 11) is 1.48. The number of rotatable bonds is 10. The molecule has 1 aliphatic heterocycles. The maximum atomic E-state index is 14.3. The molecule has 2 aromatic heterocycles. The minimum Gasteiger partial charge on any atom is -0.496 e. The van der Waals surface area contributed by atoms with Gasteiger partial charge in [-0.2, -0.15) is 0 Å². The molecule has 4 aromatic rings. The van der Waals surface area contributed by atoms with E-state index < -0.39 is 22.5 Å². The number of nitro benzene ring substituents is 1. The molecule has 1 atom stereocenters. The van der Waals surface area contributed by atoms with Crippen molar-refractivity contribution < 1.29 is 19.2 Å². The topological polar surface area (TPSA) is 159 Å². The second-order valence-electron chi connectivity index (χ2n) is 10.1. The predicted molar refractivity (Wildman–Crippen MR) is 174 cm³/mol. The number of hydrogen-bond acceptors (Lipinski definition) is 11. The summed E-state index contributed by atoms with van der Waals surface area (Å²) < 4.78 is 12.7. The van der Waals surface area contributed by atoms with E-state index in [0.717, 1.165) is 23.1 Å². The Bertz CT molecular complexity index is 2140. The van der Waals surface area contributed by atoms with E-state index in [9.17, 15) is 24.5 Å². The van der Waals surface area contributed by atoms with Crippen LogP contribution < -0.4 is 25.2 Å². The summed E-state index contributed by atoms with van der Waals surface area (Å²) in [6.45, 7) is 5.44. The summed E-state index contributed by atoms with van der Waals surface area (Å²) in [5, 5.41) is 12.4. The van der Waals surface area contributed by atoms with Gasteiger partial charge in [0.2, 0.25) is 0 Å². The van der Waals surface area contributed by atoms with Gasteiger partial charge in [-0.15, -0.1) is 0 Å². The van der Waals surface area contributed by atoms with Crippen molar-refractivity contribution in [1.29, 1.82) is 0 Å². The molecule has 0 saturated carbocycles. The van der Waals surface area contributed by atoms with Crippen molar-refractivity contribution >= 4 is 52.4 Å². The number of carbonyl (C=O) groups is 1. The molecule has 12 nitrogen and oxygen atoms in total. The number of nitrogens with one attached hydrogen (secondary N) is 1. The SMILES string of the molecule is CCCC1=C(C(=O)OCC)[C@H](c2cc(Cl)ccc2OC)n2c(s/c(=C\c3cc([N+](=O)[O-])ccc3Sc3nc(C)cc(=O)[nH]3)c2=O)=N1. The number of nitrogens with zero attached hydrogens (tertiary/aromatic N) is 4. The van der Waals surface area contributed by atoms with Crippen molar-refractivity contribution in [2.45, 2.75) is 49.7 Å². The molecule has 3 heterocycles. The number of nitro groups is 1. The quantitative estimate of drug-likeness (QED) is 0.108. The Hall–Kier alpha value is -4.53. The van der Waals surface area contributed by atoms with Crippen LogP contribution in [0.5, 0.6) is 5.75 Å². The van der Waals surface area contributed by atoms with Gasteiger partial charge in [0.05, 0.1) is 34.4 Å². The van der Waals surface area contributed by atoms with Gasteiger partial charge >= 0.3 is 5.97 Å². The van der Waals surface area contributed by atoms with E-state index in [1.165, 1.54) is 42.0 Å². The molecule has 0 spiro atoms. The molecule has 2 aromatic carbocycles. The fourth-order valence-electron chi connectivity index (χ4n) is 5.03. The summed E-state index contributed by atoms with van der Waals surface area (Å²) in [4.78, 5) is 63.6. The van der Waals surface area contributed by atoms with Gasteiger partial charge in [-0.25, -0.2) is 14.8 Å². The molecule has 0 fully saturated rings. The number of aromatic nitrogens is 3. The minimum absolute atomic E-state index is 0.111. The number of hydrogen-bond donors (Lipinski definition) is 1. The van der Waals surface area contributed by atoms with Crippen LogP contribution in [-0.4, -0.2) is 39.1 Å². The normalized spacial score (nSPS) is 14.5. The lowest BCUT2D eigenvalue weighted by molar-refractivity contribution is -0.384. The van der Waals surface area contributed by atoms with Gasteiger partial charge in [-0.05, 0) is 56.2 Å². The monoisotopic (exact) mass is 681 g/mol. The first-order valence-electron chi connectivity index (χ1n) is 14.1. The molecule has 15 heteroatoms. The van der Waals surface area contributed by atoms with Gasteiger partial charge in [0.25, 0.3) is 16.8 Å². The Morgan fingerprint density at radius 1 is 1.22 bits per heavy atom. The number of ether oxygens (including phenoxy) is 2. The Morgan fingerprint density at radius 3 is 2.67 bits per heavy atom. The minimum atomic E-state index is -0.979. The third kappa shape index (κ3) is 6.69. The van der Waals surface area contributed by atoms with Crippen LogP contribution in [0.3, 0.4) is 0 Å². The van der Waals surface area contributed by atoms with Gasteiger partial charge in [0.15, 0.2) is 9.96 Å². The average molecular weight is 682 g/mol. The van der Waals surface area contributed by atoms with Crippen LogP contribution in [0.2, 0.25) is 5.02 Å². The highest BCUT2D eigenvalue weighted by atomic mass is 35.5. The number of thiazole rings is 1. The molecular formula is C31H28ClN5O7S2. The average Bonchev–Trinajstić information content (AvgIpc) is 3.31. The molecule has 0 bridgehead atoms. The summed E-state index contributed by atoms with van der Waals surface area (Å²) >= 11 is 8.59. The van der Waals surface area contributed by atoms with E-state index in [1.807, 2.05) is 6.92 Å². The molecule has 1 N–H and O–H groups in total. The van der Waals surface area contributed by atoms with Crippen LogP contribution in [0, 0.1) is 17.0 Å². The van der Waals surface area contributed by atoms with Gasteiger partial charge in [-0.1, -0.05) is 48.0 Å². The Kier molecular flexibility index (Phi) is 9.89. The lowest BCUT2D eigenvalue weighted by Gasteiger charge is -2.27. The van der Waals surface area contributed by atoms with Gasteiger partial charge < -0.3 is 14.5 Å². The second-order valence-corrected chi connectivity index (χ2v) is 12.5. The molecule has 238 valence electrons. The van der Waals surface area contributed by atoms with Crippen molar-refractivity contribution in [3.8, 4) is 5.75 Å². The number of allylic oxidation sites excluding steroid dienone is 1. The maximum absolute atomic E-state index is 14.3. The van der Waals surface area contributed by atoms with Crippen LogP contribution in [-0.2, 0) is 9.53 Å². The first-order chi connectivity index (χ1) is 22.0. The lowest BCUT2D eigenvalue weighted by Crippen LogP contribution is -2.40. The molecule has 0 amide bonds. The standard InChI is InChI=1S/C31H28ClN5O7S2/c1-5-7-21-26(29(40)44-6-2)27(20-15-18(32)8-10-22(20)43-4)36-28(39)24(46-31(36)34-21)14-17-13-19(37(41)42)9-11-23(17)45-30-33-16(3)12-25(38)35-30/h8-15,27H,5-7H2,1-4H3,(H,33,35,38)/b24-14-/t27-/m0/s1. The summed E-state index contributed by atoms with van der Waals surface area (Å²) in [5.41, 5.74) is 0.969. The lowest BCUT2D eigenvalue weighted by atomic mass is 9.93. The number of methoxy groups -OCH3 is 1. The first-order valence-corrected chi connectivity index (χ1v) is 16.1. The molecule has 5 rings (SSSR count). The van der Waals surface area contributed by atoms with Crippen LogP contribution >= 0.6 is 34.7 Å². The summed E-state index contributed by atoms with van der Waals surface area (Å²) in [6, 6.07) is 9.53. The van der Waals surface area contributed by atoms with Crippen molar-refractivity contribution in [2.75, 3.05) is 13.7 Å². The molecule has 1 aliphatic rings. The second kappa shape index (κ2) is 13.8. The van der Waals surface area contributed by atoms with Gasteiger partial charge in [0.1, 0.15) is 11.8 Å². The number of benzene rings is 2. The van der Waals surface area contributed by atoms with Crippen molar-refractivity contribution in [1.82, 2.24) is 14.5 Å². The Balaban J connectivity index is 1.78. The molecule has 0 radical (unpaired) electrons. The van der Waals surface area contributed by atoms with Gasteiger partial charge in [0, 0.05) is 39.4 Å². The van der Waals surface area contributed by atoms with Crippen LogP contribution in [0.4, 0.5) is 5.69 Å². The number of halogens is 1. The smallest absolute Gasteiger partial charge is 0.338 e. The number of aromatic amines is 1. The van der Waals surface area contributed by atoms with Gasteiger partial charge in [-0.3, -0.25) is 24.3 Å². The highest BCUT2D eigenvalue weighted by Gasteiger charge is 2.36. The van der Waals surface area contributed by atoms with E-state index in [2.05, 4.69) is 9.97 Å². The number of aryl methyl sites for hydroxylation is 1. The molecule has 46 heavy (non-hydrogen) atoms. The Morgan fingerprint density at radius 2 is 2.00 bits per heavy atom. The third-order valence-electron chi connectivity index (χ3n) is 6.92. The number of esters is 1. The number of non-ortho nitro benzene ring substituents is 1. The first kappa shape index (κ1) is 32.9. The van der Waals surface area contributed by atoms with Crippen LogP contribution in [0.15, 0.2) is 78.4 Å². The predicted octanol–water partition coefficient (Wildman–Crippen LogP) is 4.69. The zero-order valence-electron chi connectivity index (χ0n) is 25.2. The zero-order chi connectivity index (χ0) is 33.1. The summed E-state index contributed by atoms with van der Waals surface area (Å²) in [6.07, 6.45) is 2.64. The van der Waals surface area contributed by atoms with E-state index >= 15 is 0 Å². The van der Waals surface area contributed by atoms with Crippen molar-refractivity contribution in [3.63, 3.8) is 0 Å². The molecule has 0 saturated heterocycles. The van der Waals surface area contributed by atoms with Crippen LogP contribution in [0.25, 0.3) is 6.08 Å².